The Balaban J connectivity index is 2.32. The van der Waals surface area contributed by atoms with Crippen LogP contribution in [-0.4, -0.2) is 96.0 Å². The topological polar surface area (TPSA) is 186 Å². The van der Waals surface area contributed by atoms with Gasteiger partial charge in [0.25, 0.3) is 10.1 Å². The number of aliphatic hydroxyl groups excluding tert-OH is 3. The minimum Gasteiger partial charge on any atom is -0.462 e. The second-order valence-corrected chi connectivity index (χ2v) is 21.4. The molecule has 4 N–H and O–H groups in total. The van der Waals surface area contributed by atoms with E-state index in [2.05, 4.69) is 74.6 Å². The Labute approximate surface area is 438 Å². The first-order valence-corrected chi connectivity index (χ1v) is 30.5. The second-order valence-electron chi connectivity index (χ2n) is 19.9. The van der Waals surface area contributed by atoms with E-state index in [9.17, 15) is 37.9 Å². The number of hydrogen-bond donors (Lipinski definition) is 4. The van der Waals surface area contributed by atoms with E-state index in [0.717, 1.165) is 77.0 Å². The summed E-state index contributed by atoms with van der Waals surface area (Å²) in [6.07, 6.45) is 52.5. The van der Waals surface area contributed by atoms with Gasteiger partial charge in [-0.2, -0.15) is 8.42 Å². The van der Waals surface area contributed by atoms with E-state index in [-0.39, 0.29) is 19.4 Å². The molecule has 0 radical (unpaired) electrons. The summed E-state index contributed by atoms with van der Waals surface area (Å²) in [5, 5.41) is 31.1. The van der Waals surface area contributed by atoms with Crippen molar-refractivity contribution in [3.05, 3.63) is 60.8 Å². The third-order valence-corrected chi connectivity index (χ3v) is 13.8. The van der Waals surface area contributed by atoms with Gasteiger partial charge in [-0.05, 0) is 77.0 Å². The summed E-state index contributed by atoms with van der Waals surface area (Å²) in [6.45, 7) is 3.68. The van der Waals surface area contributed by atoms with Crippen LogP contribution in [0.5, 0.6) is 0 Å². The molecule has 0 aromatic rings. The highest BCUT2D eigenvalue weighted by Gasteiger charge is 2.46. The summed E-state index contributed by atoms with van der Waals surface area (Å²) in [4.78, 5) is 25.6. The molecule has 1 saturated heterocycles. The molecule has 0 saturated carbocycles. The largest absolute Gasteiger partial charge is 0.462 e. The number of ether oxygens (including phenoxy) is 4. The van der Waals surface area contributed by atoms with Crippen molar-refractivity contribution >= 4 is 22.1 Å². The van der Waals surface area contributed by atoms with Crippen LogP contribution in [-0.2, 0) is 38.7 Å². The summed E-state index contributed by atoms with van der Waals surface area (Å²) in [5.41, 5.74) is 0. The molecule has 0 aromatic carbocycles. The maximum absolute atomic E-state index is 12.9. The third-order valence-electron chi connectivity index (χ3n) is 13.1. The van der Waals surface area contributed by atoms with E-state index in [1.165, 1.54) is 128 Å². The Bertz CT molecular complexity index is 1540. The first-order chi connectivity index (χ1) is 35.0. The van der Waals surface area contributed by atoms with Gasteiger partial charge in [-0.1, -0.05) is 216 Å². The van der Waals surface area contributed by atoms with Gasteiger partial charge in [-0.3, -0.25) is 14.1 Å². The van der Waals surface area contributed by atoms with Crippen molar-refractivity contribution in [2.45, 2.75) is 282 Å². The number of aliphatic hydroxyl groups is 3. The molecule has 418 valence electrons. The predicted molar refractivity (Wildman–Crippen MR) is 293 cm³/mol. The van der Waals surface area contributed by atoms with Gasteiger partial charge in [0, 0.05) is 12.8 Å². The SMILES string of the molecule is CC/C=C\C/C=C\C/C=C\C/C=C\CCCCCCCCCCCCC(=O)OC(COC(=O)CCCCCCCCCCC/C=C\CCCCCCCCCC)COC1OC(CS(=O)(=O)O)C(O)C(O)C1O. The summed E-state index contributed by atoms with van der Waals surface area (Å²) in [5.74, 6) is -1.99. The monoisotopic (exact) mass is 1040 g/mol. The van der Waals surface area contributed by atoms with E-state index >= 15 is 0 Å². The lowest BCUT2D eigenvalue weighted by atomic mass is 10.00. The zero-order valence-corrected chi connectivity index (χ0v) is 46.1. The molecule has 0 aromatic heterocycles. The number of hydrogen-bond acceptors (Lipinski definition) is 11. The van der Waals surface area contributed by atoms with Crippen molar-refractivity contribution in [1.29, 1.82) is 0 Å². The predicted octanol–water partition coefficient (Wildman–Crippen LogP) is 14.0. The maximum Gasteiger partial charge on any atom is 0.306 e. The van der Waals surface area contributed by atoms with Crippen LogP contribution in [0, 0.1) is 0 Å². The van der Waals surface area contributed by atoms with Gasteiger partial charge in [-0.25, -0.2) is 0 Å². The lowest BCUT2D eigenvalue weighted by Crippen LogP contribution is -2.60. The Morgan fingerprint density at radius 1 is 0.486 bits per heavy atom. The molecule has 0 bridgehead atoms. The van der Waals surface area contributed by atoms with Crippen LogP contribution in [0.25, 0.3) is 0 Å². The van der Waals surface area contributed by atoms with Crippen LogP contribution in [0.4, 0.5) is 0 Å². The fourth-order valence-electron chi connectivity index (χ4n) is 8.66. The van der Waals surface area contributed by atoms with Crippen molar-refractivity contribution in [2.75, 3.05) is 19.0 Å². The number of rotatable bonds is 49. The van der Waals surface area contributed by atoms with E-state index in [1.54, 1.807) is 0 Å². The van der Waals surface area contributed by atoms with E-state index in [0.29, 0.717) is 12.8 Å². The molecule has 6 unspecified atom stereocenters. The number of allylic oxidation sites excluding steroid dienone is 10. The first kappa shape index (κ1) is 67.4. The van der Waals surface area contributed by atoms with Crippen molar-refractivity contribution in [3.8, 4) is 0 Å². The van der Waals surface area contributed by atoms with Crippen LogP contribution >= 0.6 is 0 Å². The normalized spacial score (nSPS) is 19.2. The highest BCUT2D eigenvalue weighted by molar-refractivity contribution is 7.85. The zero-order chi connectivity index (χ0) is 52.6. The van der Waals surface area contributed by atoms with Gasteiger partial charge in [0.1, 0.15) is 36.8 Å². The van der Waals surface area contributed by atoms with Crippen LogP contribution < -0.4 is 0 Å². The molecule has 1 rings (SSSR count). The Kier molecular flexibility index (Phi) is 44.9. The number of carbonyl (C=O) groups is 2. The van der Waals surface area contributed by atoms with Crippen LogP contribution in [0.1, 0.15) is 245 Å². The minimum absolute atomic E-state index is 0.157. The second kappa shape index (κ2) is 48.0. The molecule has 12 nitrogen and oxygen atoms in total. The quantitative estimate of drug-likeness (QED) is 0.0196. The molecular weight excluding hydrogens is 933 g/mol. The van der Waals surface area contributed by atoms with E-state index in [1.807, 2.05) is 0 Å². The van der Waals surface area contributed by atoms with Gasteiger partial charge in [0.15, 0.2) is 12.4 Å². The zero-order valence-electron chi connectivity index (χ0n) is 45.3. The molecule has 72 heavy (non-hydrogen) atoms. The summed E-state index contributed by atoms with van der Waals surface area (Å²) >= 11 is 0. The van der Waals surface area contributed by atoms with E-state index in [4.69, 9.17) is 18.9 Å². The standard InChI is InChI=1S/C59H104O12S/c1-3-5-7-9-11-13-15-17-19-21-23-25-26-28-30-32-34-36-38-40-42-44-46-48-55(61)70-52(50-69-59-58(64)57(63)56(62)53(71-59)51-72(65,66)67)49-68-54(60)47-45-43-41-39-37-35-33-31-29-27-24-22-20-18-16-14-12-10-8-6-4-2/h5,7,11,13,17,19,22-25,52-53,56-59,62-64H,3-4,6,8-10,12,14-16,18,20-21,26-51H2,1-2H3,(H,65,66,67)/b7-5-,13-11-,19-17-,24-22-,25-23-. The highest BCUT2D eigenvalue weighted by atomic mass is 32.2. The number of unbranched alkanes of at least 4 members (excludes halogenated alkanes) is 27. The molecule has 1 aliphatic heterocycles. The smallest absolute Gasteiger partial charge is 0.306 e. The molecule has 6 atom stereocenters. The lowest BCUT2D eigenvalue weighted by molar-refractivity contribution is -0.297. The lowest BCUT2D eigenvalue weighted by Gasteiger charge is -2.40. The molecule has 0 amide bonds. The average molecular weight is 1040 g/mol. The summed E-state index contributed by atoms with van der Waals surface area (Å²) in [7, 11) is -4.61. The number of carbonyl (C=O) groups excluding carboxylic acids is 2. The molecule has 13 heteroatoms. The minimum atomic E-state index is -4.61. The van der Waals surface area contributed by atoms with Crippen molar-refractivity contribution in [3.63, 3.8) is 0 Å². The van der Waals surface area contributed by atoms with Gasteiger partial charge < -0.3 is 34.3 Å². The Morgan fingerprint density at radius 2 is 0.875 bits per heavy atom. The third kappa shape index (κ3) is 41.7. The van der Waals surface area contributed by atoms with Gasteiger partial charge in [-0.15, -0.1) is 0 Å². The van der Waals surface area contributed by atoms with Gasteiger partial charge in [0.05, 0.1) is 6.61 Å². The van der Waals surface area contributed by atoms with Gasteiger partial charge in [0.2, 0.25) is 0 Å². The molecule has 0 aliphatic carbocycles. The average Bonchev–Trinajstić information content (AvgIpc) is 3.35. The molecule has 0 spiro atoms. The van der Waals surface area contributed by atoms with Crippen molar-refractivity contribution in [2.24, 2.45) is 0 Å². The Hall–Kier alpha value is -2.65. The van der Waals surface area contributed by atoms with Crippen molar-refractivity contribution in [1.82, 2.24) is 0 Å². The number of esters is 2. The molecule has 1 aliphatic rings. The van der Waals surface area contributed by atoms with Crippen LogP contribution in [0.15, 0.2) is 60.8 Å². The van der Waals surface area contributed by atoms with E-state index < -0.39 is 71.2 Å². The maximum atomic E-state index is 12.9. The summed E-state index contributed by atoms with van der Waals surface area (Å²) < 4.78 is 54.4. The van der Waals surface area contributed by atoms with Crippen molar-refractivity contribution < 1.29 is 56.8 Å². The van der Waals surface area contributed by atoms with Crippen LogP contribution in [0.3, 0.4) is 0 Å². The molecule has 1 fully saturated rings. The van der Waals surface area contributed by atoms with Crippen LogP contribution in [0.2, 0.25) is 0 Å². The fraction of sp³-hybridized carbons (Fsp3) is 0.797. The Morgan fingerprint density at radius 3 is 1.32 bits per heavy atom. The molecule has 1 heterocycles. The first-order valence-electron chi connectivity index (χ1n) is 28.8. The molecular formula is C59H104O12S. The summed E-state index contributed by atoms with van der Waals surface area (Å²) in [6, 6.07) is 0. The highest BCUT2D eigenvalue weighted by Crippen LogP contribution is 2.24. The fourth-order valence-corrected chi connectivity index (χ4v) is 9.36. The van der Waals surface area contributed by atoms with Gasteiger partial charge >= 0.3 is 11.9 Å².